The molecule has 0 unspecified atom stereocenters. The van der Waals surface area contributed by atoms with Crippen molar-refractivity contribution in [1.29, 1.82) is 0 Å². The first kappa shape index (κ1) is 16.6. The largest absolute Gasteiger partial charge is 0.497 e. The third-order valence-electron chi connectivity index (χ3n) is 2.64. The third kappa shape index (κ3) is 3.53. The van der Waals surface area contributed by atoms with Gasteiger partial charge >= 0.3 is 0 Å². The summed E-state index contributed by atoms with van der Waals surface area (Å²) in [4.78, 5) is 25.2. The average Bonchev–Trinajstić information content (AvgIpc) is 2.68. The molecule has 0 radical (unpaired) electrons. The molecule has 1 aliphatic rings. The van der Waals surface area contributed by atoms with Crippen molar-refractivity contribution in [1.82, 2.24) is 4.90 Å². The highest BCUT2D eigenvalue weighted by molar-refractivity contribution is 8.18. The Morgan fingerprint density at radius 2 is 1.95 bits per heavy atom. The highest BCUT2D eigenvalue weighted by Gasteiger charge is 2.34. The van der Waals surface area contributed by atoms with E-state index in [1.807, 2.05) is 12.1 Å². The fourth-order valence-corrected chi connectivity index (χ4v) is 2.54. The Morgan fingerprint density at radius 3 is 2.50 bits per heavy atom. The number of thioether (sulfide) groups is 1. The molecule has 0 aliphatic carbocycles. The lowest BCUT2D eigenvalue weighted by atomic mass is 10.2. The minimum atomic E-state index is -0.281. The van der Waals surface area contributed by atoms with Crippen LogP contribution in [0.3, 0.4) is 0 Å². The molecule has 1 fully saturated rings. The molecule has 2 rings (SSSR count). The predicted octanol–water partition coefficient (Wildman–Crippen LogP) is 2.11. The molecule has 1 heterocycles. The summed E-state index contributed by atoms with van der Waals surface area (Å²) in [6.07, 6.45) is 1.70. The molecule has 0 atom stereocenters. The number of imide groups is 1. The van der Waals surface area contributed by atoms with Crippen molar-refractivity contribution < 1.29 is 14.3 Å². The van der Waals surface area contributed by atoms with E-state index >= 15 is 0 Å². The van der Waals surface area contributed by atoms with Gasteiger partial charge in [0.15, 0.2) is 0 Å². The van der Waals surface area contributed by atoms with Crippen LogP contribution in [0.4, 0.5) is 4.79 Å². The topological polar surface area (TPSA) is 72.6 Å². The van der Waals surface area contributed by atoms with E-state index in [4.69, 9.17) is 10.5 Å². The van der Waals surface area contributed by atoms with E-state index in [0.717, 1.165) is 23.1 Å². The van der Waals surface area contributed by atoms with Crippen LogP contribution in [-0.2, 0) is 4.79 Å². The van der Waals surface area contributed by atoms with Gasteiger partial charge in [0, 0.05) is 13.1 Å². The van der Waals surface area contributed by atoms with Crippen molar-refractivity contribution >= 4 is 41.4 Å². The number of carbonyl (C=O) groups excluding carboxylic acids is 2. The zero-order valence-corrected chi connectivity index (χ0v) is 12.5. The SMILES string of the molecule is COc1ccc(C=C2SC(=O)N(CCN)C2=O)cc1.Cl. The number of halogens is 1. The van der Waals surface area contributed by atoms with Crippen LogP contribution in [0.25, 0.3) is 6.08 Å². The second-order valence-corrected chi connectivity index (χ2v) is 4.89. The summed E-state index contributed by atoms with van der Waals surface area (Å²) in [5, 5.41) is -0.268. The van der Waals surface area contributed by atoms with E-state index in [2.05, 4.69) is 0 Å². The number of ether oxygens (including phenoxy) is 1. The zero-order chi connectivity index (χ0) is 13.8. The van der Waals surface area contributed by atoms with Crippen LogP contribution in [-0.4, -0.2) is 36.2 Å². The van der Waals surface area contributed by atoms with Gasteiger partial charge in [-0.25, -0.2) is 0 Å². The van der Waals surface area contributed by atoms with Crippen molar-refractivity contribution in [3.8, 4) is 5.75 Å². The number of methoxy groups -OCH3 is 1. The van der Waals surface area contributed by atoms with Crippen LogP contribution in [0.15, 0.2) is 29.2 Å². The van der Waals surface area contributed by atoms with Crippen LogP contribution in [0.1, 0.15) is 5.56 Å². The highest BCUT2D eigenvalue weighted by Crippen LogP contribution is 2.32. The van der Waals surface area contributed by atoms with Gasteiger partial charge in [-0.2, -0.15) is 0 Å². The van der Waals surface area contributed by atoms with Crippen LogP contribution in [0, 0.1) is 0 Å². The molecule has 0 aromatic heterocycles. The Labute approximate surface area is 127 Å². The summed E-state index contributed by atoms with van der Waals surface area (Å²) in [5.41, 5.74) is 6.22. The summed E-state index contributed by atoms with van der Waals surface area (Å²) >= 11 is 0.938. The fourth-order valence-electron chi connectivity index (χ4n) is 1.67. The quantitative estimate of drug-likeness (QED) is 0.862. The van der Waals surface area contributed by atoms with Gasteiger partial charge in [-0.05, 0) is 35.5 Å². The zero-order valence-electron chi connectivity index (χ0n) is 10.9. The standard InChI is InChI=1S/C13H14N2O3S.ClH/c1-18-10-4-2-9(3-5-10)8-11-12(16)15(7-6-14)13(17)19-11;/h2-5,8H,6-7,14H2,1H3;1H. The van der Waals surface area contributed by atoms with Gasteiger partial charge in [-0.3, -0.25) is 14.5 Å². The Hall–Kier alpha value is -1.50. The van der Waals surface area contributed by atoms with Crippen LogP contribution in [0.5, 0.6) is 5.75 Å². The van der Waals surface area contributed by atoms with E-state index in [-0.39, 0.29) is 36.6 Å². The van der Waals surface area contributed by atoms with Crippen molar-refractivity contribution in [2.45, 2.75) is 0 Å². The molecule has 1 saturated heterocycles. The molecule has 20 heavy (non-hydrogen) atoms. The van der Waals surface area contributed by atoms with Gasteiger partial charge in [-0.1, -0.05) is 12.1 Å². The molecule has 0 spiro atoms. The van der Waals surface area contributed by atoms with Crippen molar-refractivity contribution in [2.75, 3.05) is 20.2 Å². The smallest absolute Gasteiger partial charge is 0.293 e. The number of nitrogens with zero attached hydrogens (tertiary/aromatic N) is 1. The van der Waals surface area contributed by atoms with Gasteiger partial charge in [0.2, 0.25) is 0 Å². The summed E-state index contributed by atoms with van der Waals surface area (Å²) in [7, 11) is 1.59. The lowest BCUT2D eigenvalue weighted by Crippen LogP contribution is -2.33. The number of nitrogens with two attached hydrogens (primary N) is 1. The number of carbonyl (C=O) groups is 2. The van der Waals surface area contributed by atoms with E-state index in [1.165, 1.54) is 4.90 Å². The molecule has 2 N–H and O–H groups in total. The summed E-state index contributed by atoms with van der Waals surface area (Å²) in [6.45, 7) is 0.526. The van der Waals surface area contributed by atoms with E-state index in [9.17, 15) is 9.59 Å². The summed E-state index contributed by atoms with van der Waals surface area (Å²) in [6, 6.07) is 7.26. The Balaban J connectivity index is 0.00000200. The maximum atomic E-state index is 12.0. The van der Waals surface area contributed by atoms with E-state index in [0.29, 0.717) is 4.91 Å². The van der Waals surface area contributed by atoms with Gasteiger partial charge in [0.1, 0.15) is 5.75 Å². The monoisotopic (exact) mass is 314 g/mol. The van der Waals surface area contributed by atoms with E-state index < -0.39 is 0 Å². The number of hydrogen-bond donors (Lipinski definition) is 1. The average molecular weight is 315 g/mol. The van der Waals surface area contributed by atoms with Gasteiger partial charge in [-0.15, -0.1) is 12.4 Å². The first-order chi connectivity index (χ1) is 9.15. The number of hydrogen-bond acceptors (Lipinski definition) is 5. The Kier molecular flexibility index (Phi) is 6.06. The molecule has 1 aromatic carbocycles. The molecule has 5 nitrogen and oxygen atoms in total. The lowest BCUT2D eigenvalue weighted by Gasteiger charge is -2.09. The van der Waals surface area contributed by atoms with Crippen molar-refractivity contribution in [3.63, 3.8) is 0 Å². The maximum Gasteiger partial charge on any atom is 0.293 e. The first-order valence-corrected chi connectivity index (χ1v) is 6.57. The van der Waals surface area contributed by atoms with Crippen LogP contribution in [0.2, 0.25) is 0 Å². The van der Waals surface area contributed by atoms with Crippen LogP contribution < -0.4 is 10.5 Å². The van der Waals surface area contributed by atoms with Crippen LogP contribution >= 0.6 is 24.2 Å². The van der Waals surface area contributed by atoms with Gasteiger partial charge < -0.3 is 10.5 Å². The summed E-state index contributed by atoms with van der Waals surface area (Å²) in [5.74, 6) is 0.463. The minimum absolute atomic E-state index is 0. The number of benzene rings is 1. The number of amides is 2. The summed E-state index contributed by atoms with van der Waals surface area (Å²) < 4.78 is 5.06. The van der Waals surface area contributed by atoms with Gasteiger partial charge in [0.25, 0.3) is 11.1 Å². The predicted molar refractivity (Wildman–Crippen MR) is 82.0 cm³/mol. The molecule has 1 aliphatic heterocycles. The Bertz CT molecular complexity index is 531. The first-order valence-electron chi connectivity index (χ1n) is 5.75. The molecule has 108 valence electrons. The molecule has 2 amide bonds. The highest BCUT2D eigenvalue weighted by atomic mass is 35.5. The fraction of sp³-hybridized carbons (Fsp3) is 0.231. The molecule has 0 bridgehead atoms. The molecular weight excluding hydrogens is 300 g/mol. The minimum Gasteiger partial charge on any atom is -0.497 e. The van der Waals surface area contributed by atoms with Crippen molar-refractivity contribution in [2.24, 2.45) is 5.73 Å². The van der Waals surface area contributed by atoms with Crippen molar-refractivity contribution in [3.05, 3.63) is 34.7 Å². The molecule has 0 saturated carbocycles. The number of rotatable bonds is 4. The van der Waals surface area contributed by atoms with E-state index in [1.54, 1.807) is 25.3 Å². The molecule has 7 heteroatoms. The second-order valence-electron chi connectivity index (χ2n) is 3.90. The second kappa shape index (κ2) is 7.33. The molecular formula is C13H15ClN2O3S. The lowest BCUT2D eigenvalue weighted by molar-refractivity contribution is -0.122. The maximum absolute atomic E-state index is 12.0. The normalized spacial score (nSPS) is 16.5. The third-order valence-corrected chi connectivity index (χ3v) is 3.55. The Morgan fingerprint density at radius 1 is 1.30 bits per heavy atom. The molecule has 1 aromatic rings. The van der Waals surface area contributed by atoms with Gasteiger partial charge in [0.05, 0.1) is 12.0 Å².